The van der Waals surface area contributed by atoms with Crippen molar-refractivity contribution in [3.05, 3.63) is 36.0 Å². The van der Waals surface area contributed by atoms with Gasteiger partial charge >= 0.3 is 0 Å². The Labute approximate surface area is 76.7 Å². The third-order valence-electron chi connectivity index (χ3n) is 2.20. The van der Waals surface area contributed by atoms with Gasteiger partial charge in [0.2, 0.25) is 0 Å². The summed E-state index contributed by atoms with van der Waals surface area (Å²) in [5, 5.41) is 1.18. The summed E-state index contributed by atoms with van der Waals surface area (Å²) in [7, 11) is 0. The minimum atomic E-state index is -0.0904. The lowest BCUT2D eigenvalue weighted by Crippen LogP contribution is -2.20. The third kappa shape index (κ3) is 1.43. The molecule has 0 aliphatic heterocycles. The van der Waals surface area contributed by atoms with Crippen LogP contribution < -0.4 is 11.5 Å². The highest BCUT2D eigenvalue weighted by Gasteiger charge is 2.06. The predicted molar refractivity (Wildman–Crippen MR) is 54.3 cm³/mol. The molecule has 1 unspecified atom stereocenters. The number of fused-ring (bicyclic) bond motifs is 1. The average Bonchev–Trinajstić information content (AvgIpc) is 2.59. The maximum atomic E-state index is 5.80. The van der Waals surface area contributed by atoms with E-state index in [2.05, 4.69) is 11.1 Å². The second kappa shape index (κ2) is 3.20. The molecule has 1 aromatic heterocycles. The molecule has 0 saturated heterocycles. The van der Waals surface area contributed by atoms with Gasteiger partial charge in [0.1, 0.15) is 0 Å². The van der Waals surface area contributed by atoms with E-state index in [0.717, 1.165) is 11.2 Å². The van der Waals surface area contributed by atoms with E-state index < -0.39 is 0 Å². The van der Waals surface area contributed by atoms with E-state index in [-0.39, 0.29) is 6.04 Å². The topological polar surface area (TPSA) is 67.8 Å². The number of nitrogens with one attached hydrogen (secondary N) is 1. The molecule has 0 radical (unpaired) electrons. The van der Waals surface area contributed by atoms with E-state index in [1.54, 1.807) is 0 Å². The number of benzene rings is 1. The van der Waals surface area contributed by atoms with Crippen molar-refractivity contribution in [2.45, 2.75) is 6.04 Å². The van der Waals surface area contributed by atoms with Gasteiger partial charge in [-0.1, -0.05) is 18.2 Å². The summed E-state index contributed by atoms with van der Waals surface area (Å²) in [5.41, 5.74) is 13.4. The Kier molecular flexibility index (Phi) is 2.04. The van der Waals surface area contributed by atoms with Crippen LogP contribution in [0.2, 0.25) is 0 Å². The van der Waals surface area contributed by atoms with Crippen molar-refractivity contribution in [1.29, 1.82) is 0 Å². The molecule has 13 heavy (non-hydrogen) atoms. The summed E-state index contributed by atoms with van der Waals surface area (Å²) >= 11 is 0. The van der Waals surface area contributed by atoms with Crippen molar-refractivity contribution < 1.29 is 0 Å². The van der Waals surface area contributed by atoms with Crippen molar-refractivity contribution in [2.24, 2.45) is 11.5 Å². The van der Waals surface area contributed by atoms with Gasteiger partial charge in [0, 0.05) is 17.8 Å². The van der Waals surface area contributed by atoms with Crippen molar-refractivity contribution >= 4 is 10.9 Å². The SMILES string of the molecule is NCC(N)c1cc2ccccc2[nH]1. The zero-order chi connectivity index (χ0) is 9.26. The van der Waals surface area contributed by atoms with Gasteiger partial charge in [0.25, 0.3) is 0 Å². The fourth-order valence-electron chi connectivity index (χ4n) is 1.42. The molecule has 0 aliphatic rings. The first-order valence-corrected chi connectivity index (χ1v) is 4.34. The Morgan fingerprint density at radius 2 is 2.08 bits per heavy atom. The third-order valence-corrected chi connectivity index (χ3v) is 2.20. The minimum Gasteiger partial charge on any atom is -0.357 e. The smallest absolute Gasteiger partial charge is 0.0572 e. The lowest BCUT2D eigenvalue weighted by atomic mass is 10.2. The van der Waals surface area contributed by atoms with E-state index in [9.17, 15) is 0 Å². The number of H-pyrrole nitrogens is 1. The van der Waals surface area contributed by atoms with E-state index in [1.807, 2.05) is 24.3 Å². The standard InChI is InChI=1S/C10H13N3/c11-6-8(12)10-5-7-3-1-2-4-9(7)13-10/h1-5,8,13H,6,11-12H2. The fraction of sp³-hybridized carbons (Fsp3) is 0.200. The van der Waals surface area contributed by atoms with E-state index in [0.29, 0.717) is 6.54 Å². The number of aromatic nitrogens is 1. The lowest BCUT2D eigenvalue weighted by Gasteiger charge is -2.03. The Hall–Kier alpha value is -1.32. The van der Waals surface area contributed by atoms with Gasteiger partial charge in [-0.25, -0.2) is 0 Å². The summed E-state index contributed by atoms with van der Waals surface area (Å²) in [6, 6.07) is 10.0. The molecule has 0 aliphatic carbocycles. The zero-order valence-corrected chi connectivity index (χ0v) is 7.33. The van der Waals surface area contributed by atoms with Gasteiger partial charge in [0.05, 0.1) is 6.04 Å². The first-order chi connectivity index (χ1) is 6.31. The summed E-state index contributed by atoms with van der Waals surface area (Å²) < 4.78 is 0. The van der Waals surface area contributed by atoms with Crippen LogP contribution in [0, 0.1) is 0 Å². The molecule has 0 spiro atoms. The van der Waals surface area contributed by atoms with Crippen LogP contribution in [0.1, 0.15) is 11.7 Å². The molecule has 0 fully saturated rings. The highest BCUT2D eigenvalue weighted by atomic mass is 14.8. The Balaban J connectivity index is 2.49. The summed E-state index contributed by atoms with van der Waals surface area (Å²) in [6.07, 6.45) is 0. The molecular weight excluding hydrogens is 162 g/mol. The first kappa shape index (κ1) is 8.29. The summed E-state index contributed by atoms with van der Waals surface area (Å²) in [5.74, 6) is 0. The van der Waals surface area contributed by atoms with Crippen molar-refractivity contribution in [3.8, 4) is 0 Å². The lowest BCUT2D eigenvalue weighted by molar-refractivity contribution is 0.718. The quantitative estimate of drug-likeness (QED) is 0.640. The molecule has 5 N–H and O–H groups in total. The summed E-state index contributed by atoms with van der Waals surface area (Å²) in [4.78, 5) is 3.24. The molecule has 0 bridgehead atoms. The fourth-order valence-corrected chi connectivity index (χ4v) is 1.42. The van der Waals surface area contributed by atoms with Crippen molar-refractivity contribution in [1.82, 2.24) is 4.98 Å². The van der Waals surface area contributed by atoms with Gasteiger partial charge in [-0.2, -0.15) is 0 Å². The normalized spacial score (nSPS) is 13.4. The molecule has 68 valence electrons. The molecule has 1 heterocycles. The van der Waals surface area contributed by atoms with Crippen LogP contribution in [-0.2, 0) is 0 Å². The monoisotopic (exact) mass is 175 g/mol. The highest BCUT2D eigenvalue weighted by Crippen LogP contribution is 2.17. The number of hydrogen-bond acceptors (Lipinski definition) is 2. The maximum absolute atomic E-state index is 5.80. The average molecular weight is 175 g/mol. The Morgan fingerprint density at radius 1 is 1.31 bits per heavy atom. The summed E-state index contributed by atoms with van der Waals surface area (Å²) in [6.45, 7) is 0.465. The van der Waals surface area contributed by atoms with Crippen molar-refractivity contribution in [3.63, 3.8) is 0 Å². The molecule has 3 heteroatoms. The molecule has 2 aromatic rings. The molecule has 1 atom stereocenters. The van der Waals surface area contributed by atoms with Crippen LogP contribution in [-0.4, -0.2) is 11.5 Å². The molecule has 0 saturated carbocycles. The van der Waals surface area contributed by atoms with Gasteiger partial charge in [0.15, 0.2) is 0 Å². The van der Waals surface area contributed by atoms with Crippen LogP contribution in [0.15, 0.2) is 30.3 Å². The zero-order valence-electron chi connectivity index (χ0n) is 7.33. The minimum absolute atomic E-state index is 0.0904. The molecule has 3 nitrogen and oxygen atoms in total. The van der Waals surface area contributed by atoms with Gasteiger partial charge in [-0.3, -0.25) is 0 Å². The van der Waals surface area contributed by atoms with Gasteiger partial charge in [-0.05, 0) is 17.5 Å². The van der Waals surface area contributed by atoms with E-state index >= 15 is 0 Å². The Morgan fingerprint density at radius 3 is 2.77 bits per heavy atom. The number of nitrogens with two attached hydrogens (primary N) is 2. The largest absolute Gasteiger partial charge is 0.357 e. The van der Waals surface area contributed by atoms with Gasteiger partial charge < -0.3 is 16.5 Å². The molecule has 2 rings (SSSR count). The second-order valence-corrected chi connectivity index (χ2v) is 3.15. The van der Waals surface area contributed by atoms with Gasteiger partial charge in [-0.15, -0.1) is 0 Å². The second-order valence-electron chi connectivity index (χ2n) is 3.15. The number of rotatable bonds is 2. The molecular formula is C10H13N3. The number of para-hydroxylation sites is 1. The Bertz CT molecular complexity index is 372. The predicted octanol–water partition coefficient (Wildman–Crippen LogP) is 1.13. The van der Waals surface area contributed by atoms with E-state index in [1.165, 1.54) is 5.39 Å². The molecule has 0 amide bonds. The van der Waals surface area contributed by atoms with Crippen LogP contribution in [0.25, 0.3) is 10.9 Å². The highest BCUT2D eigenvalue weighted by molar-refractivity contribution is 5.80. The number of hydrogen-bond donors (Lipinski definition) is 3. The van der Waals surface area contributed by atoms with Crippen LogP contribution in [0.5, 0.6) is 0 Å². The maximum Gasteiger partial charge on any atom is 0.0572 e. The van der Waals surface area contributed by atoms with Crippen molar-refractivity contribution in [2.75, 3.05) is 6.54 Å². The van der Waals surface area contributed by atoms with Crippen LogP contribution in [0.3, 0.4) is 0 Å². The number of aromatic amines is 1. The van der Waals surface area contributed by atoms with E-state index in [4.69, 9.17) is 11.5 Å². The van der Waals surface area contributed by atoms with Crippen LogP contribution >= 0.6 is 0 Å². The molecule has 1 aromatic carbocycles. The van der Waals surface area contributed by atoms with Crippen LogP contribution in [0.4, 0.5) is 0 Å². The first-order valence-electron chi connectivity index (χ1n) is 4.34.